The molecule has 3 N–H and O–H groups in total. The quantitative estimate of drug-likeness (QED) is 0.806. The molecule has 0 radical (unpaired) electrons. The third-order valence-corrected chi connectivity index (χ3v) is 2.96. The van der Waals surface area contributed by atoms with Crippen molar-refractivity contribution in [2.75, 3.05) is 31.7 Å². The SMILES string of the molecule is CC(C)C(CN(C)C)Nc1ncc(N)s1. The van der Waals surface area contributed by atoms with Crippen molar-refractivity contribution in [1.82, 2.24) is 9.88 Å². The molecule has 1 rings (SSSR count). The van der Waals surface area contributed by atoms with Crippen LogP contribution in [0.2, 0.25) is 0 Å². The Kier molecular flexibility index (Phi) is 4.35. The lowest BCUT2D eigenvalue weighted by atomic mass is 10.0. The normalized spacial score (nSPS) is 13.5. The third kappa shape index (κ3) is 4.05. The average molecular weight is 228 g/mol. The van der Waals surface area contributed by atoms with E-state index in [2.05, 4.69) is 43.1 Å². The van der Waals surface area contributed by atoms with Crippen molar-refractivity contribution in [3.05, 3.63) is 6.20 Å². The molecular formula is C10H20N4S. The van der Waals surface area contributed by atoms with Gasteiger partial charge in [0.2, 0.25) is 0 Å². The van der Waals surface area contributed by atoms with E-state index in [4.69, 9.17) is 5.73 Å². The maximum absolute atomic E-state index is 5.64. The molecule has 0 bridgehead atoms. The van der Waals surface area contributed by atoms with Crippen molar-refractivity contribution < 1.29 is 0 Å². The largest absolute Gasteiger partial charge is 0.389 e. The maximum atomic E-state index is 5.64. The fraction of sp³-hybridized carbons (Fsp3) is 0.700. The Morgan fingerprint density at radius 3 is 2.60 bits per heavy atom. The molecule has 0 fully saturated rings. The van der Waals surface area contributed by atoms with Crippen LogP contribution in [0.25, 0.3) is 0 Å². The van der Waals surface area contributed by atoms with Crippen LogP contribution in [0.15, 0.2) is 6.20 Å². The number of nitrogens with two attached hydrogens (primary N) is 1. The number of nitrogens with one attached hydrogen (secondary N) is 1. The summed E-state index contributed by atoms with van der Waals surface area (Å²) in [6.45, 7) is 5.41. The van der Waals surface area contributed by atoms with E-state index in [1.165, 1.54) is 11.3 Å². The maximum Gasteiger partial charge on any atom is 0.184 e. The van der Waals surface area contributed by atoms with Crippen LogP contribution >= 0.6 is 11.3 Å². The second kappa shape index (κ2) is 5.32. The molecular weight excluding hydrogens is 208 g/mol. The van der Waals surface area contributed by atoms with Gasteiger partial charge in [0.1, 0.15) is 5.00 Å². The van der Waals surface area contributed by atoms with Gasteiger partial charge in [-0.1, -0.05) is 25.2 Å². The molecule has 0 aliphatic heterocycles. The summed E-state index contributed by atoms with van der Waals surface area (Å²) in [4.78, 5) is 6.38. The summed E-state index contributed by atoms with van der Waals surface area (Å²) in [5, 5.41) is 5.08. The Balaban J connectivity index is 2.58. The van der Waals surface area contributed by atoms with Gasteiger partial charge >= 0.3 is 0 Å². The molecule has 0 aliphatic carbocycles. The third-order valence-electron chi connectivity index (χ3n) is 2.20. The Morgan fingerprint density at radius 2 is 2.20 bits per heavy atom. The lowest BCUT2D eigenvalue weighted by Gasteiger charge is -2.25. The van der Waals surface area contributed by atoms with Crippen LogP contribution < -0.4 is 11.1 Å². The second-order valence-corrected chi connectivity index (χ2v) is 5.39. The second-order valence-electron chi connectivity index (χ2n) is 4.32. The summed E-state index contributed by atoms with van der Waals surface area (Å²) in [5.74, 6) is 0.567. The first kappa shape index (κ1) is 12.3. The lowest BCUT2D eigenvalue weighted by molar-refractivity contribution is 0.344. The van der Waals surface area contributed by atoms with E-state index >= 15 is 0 Å². The first-order valence-electron chi connectivity index (χ1n) is 5.11. The zero-order chi connectivity index (χ0) is 11.4. The van der Waals surface area contributed by atoms with E-state index in [0.717, 1.165) is 16.7 Å². The molecule has 1 heterocycles. The van der Waals surface area contributed by atoms with E-state index in [1.807, 2.05) is 0 Å². The molecule has 0 aliphatic rings. The monoisotopic (exact) mass is 228 g/mol. The Hall–Kier alpha value is -0.810. The molecule has 1 aromatic heterocycles. The molecule has 86 valence electrons. The highest BCUT2D eigenvalue weighted by Gasteiger charge is 2.15. The number of hydrogen-bond acceptors (Lipinski definition) is 5. The number of nitrogen functional groups attached to an aromatic ring is 1. The fourth-order valence-electron chi connectivity index (χ4n) is 1.33. The molecule has 1 atom stereocenters. The van der Waals surface area contributed by atoms with Crippen molar-refractivity contribution in [2.24, 2.45) is 5.92 Å². The first-order valence-corrected chi connectivity index (χ1v) is 5.93. The van der Waals surface area contributed by atoms with Gasteiger partial charge in [-0.3, -0.25) is 0 Å². The van der Waals surface area contributed by atoms with E-state index in [1.54, 1.807) is 6.20 Å². The van der Waals surface area contributed by atoms with Gasteiger partial charge in [0.25, 0.3) is 0 Å². The Bertz CT molecular complexity index is 295. The van der Waals surface area contributed by atoms with Crippen molar-refractivity contribution in [3.8, 4) is 0 Å². The number of thiazole rings is 1. The zero-order valence-corrected chi connectivity index (χ0v) is 10.6. The number of hydrogen-bond donors (Lipinski definition) is 2. The molecule has 4 nitrogen and oxygen atoms in total. The number of aromatic nitrogens is 1. The molecule has 1 aromatic rings. The summed E-state index contributed by atoms with van der Waals surface area (Å²) >= 11 is 1.50. The Labute approximate surface area is 95.5 Å². The topological polar surface area (TPSA) is 54.2 Å². The van der Waals surface area contributed by atoms with Crippen molar-refractivity contribution in [3.63, 3.8) is 0 Å². The number of likely N-dealkylation sites (N-methyl/N-ethyl adjacent to an activating group) is 1. The zero-order valence-electron chi connectivity index (χ0n) is 9.82. The van der Waals surface area contributed by atoms with Crippen LogP contribution in [-0.2, 0) is 0 Å². The van der Waals surface area contributed by atoms with Gasteiger partial charge in [0.05, 0.1) is 6.20 Å². The molecule has 0 amide bonds. The van der Waals surface area contributed by atoms with Crippen molar-refractivity contribution in [1.29, 1.82) is 0 Å². The van der Waals surface area contributed by atoms with Gasteiger partial charge in [0, 0.05) is 12.6 Å². The highest BCUT2D eigenvalue weighted by Crippen LogP contribution is 2.21. The van der Waals surface area contributed by atoms with Gasteiger partial charge in [-0.2, -0.15) is 0 Å². The predicted octanol–water partition coefficient (Wildman–Crippen LogP) is 1.72. The smallest absolute Gasteiger partial charge is 0.184 e. The molecule has 5 heteroatoms. The minimum absolute atomic E-state index is 0.408. The number of nitrogens with zero attached hydrogens (tertiary/aromatic N) is 2. The van der Waals surface area contributed by atoms with Crippen LogP contribution in [-0.4, -0.2) is 36.6 Å². The summed E-state index contributed by atoms with van der Waals surface area (Å²) < 4.78 is 0. The molecule has 0 saturated heterocycles. The van der Waals surface area contributed by atoms with Crippen LogP contribution in [0.5, 0.6) is 0 Å². The first-order chi connectivity index (χ1) is 6.99. The van der Waals surface area contributed by atoms with E-state index in [0.29, 0.717) is 12.0 Å². The fourth-order valence-corrected chi connectivity index (χ4v) is 1.97. The van der Waals surface area contributed by atoms with Gasteiger partial charge in [-0.15, -0.1) is 0 Å². The molecule has 15 heavy (non-hydrogen) atoms. The molecule has 1 unspecified atom stereocenters. The van der Waals surface area contributed by atoms with Crippen LogP contribution in [0.1, 0.15) is 13.8 Å². The van der Waals surface area contributed by atoms with Gasteiger partial charge in [-0.05, 0) is 20.0 Å². The minimum Gasteiger partial charge on any atom is -0.389 e. The van der Waals surface area contributed by atoms with Crippen molar-refractivity contribution >= 4 is 21.5 Å². The lowest BCUT2D eigenvalue weighted by Crippen LogP contribution is -2.36. The van der Waals surface area contributed by atoms with Crippen LogP contribution in [0.4, 0.5) is 10.1 Å². The molecule has 0 spiro atoms. The van der Waals surface area contributed by atoms with Crippen molar-refractivity contribution in [2.45, 2.75) is 19.9 Å². The van der Waals surface area contributed by atoms with E-state index < -0.39 is 0 Å². The number of rotatable bonds is 5. The summed E-state index contributed by atoms with van der Waals surface area (Å²) in [6.07, 6.45) is 1.69. The van der Waals surface area contributed by atoms with Gasteiger partial charge in [0.15, 0.2) is 5.13 Å². The predicted molar refractivity (Wildman–Crippen MR) is 67.3 cm³/mol. The Morgan fingerprint density at radius 1 is 1.53 bits per heavy atom. The van der Waals surface area contributed by atoms with E-state index in [9.17, 15) is 0 Å². The summed E-state index contributed by atoms with van der Waals surface area (Å²) in [6, 6.07) is 0.408. The average Bonchev–Trinajstić information content (AvgIpc) is 2.49. The standard InChI is InChI=1S/C10H20N4S/c1-7(2)8(6-14(3)4)13-10-12-5-9(11)15-10/h5,7-8H,6,11H2,1-4H3,(H,12,13). The number of anilines is 2. The minimum atomic E-state index is 0.408. The van der Waals surface area contributed by atoms with Gasteiger partial charge < -0.3 is 16.0 Å². The molecule has 0 aromatic carbocycles. The van der Waals surface area contributed by atoms with Crippen LogP contribution in [0, 0.1) is 5.92 Å². The van der Waals surface area contributed by atoms with Gasteiger partial charge in [-0.25, -0.2) is 4.98 Å². The molecule has 0 saturated carbocycles. The summed E-state index contributed by atoms with van der Waals surface area (Å²) in [7, 11) is 4.15. The van der Waals surface area contributed by atoms with E-state index in [-0.39, 0.29) is 0 Å². The summed E-state index contributed by atoms with van der Waals surface area (Å²) in [5.41, 5.74) is 5.64. The van der Waals surface area contributed by atoms with Crippen LogP contribution in [0.3, 0.4) is 0 Å². The highest BCUT2D eigenvalue weighted by atomic mass is 32.1. The highest BCUT2D eigenvalue weighted by molar-refractivity contribution is 7.19.